The van der Waals surface area contributed by atoms with Gasteiger partial charge in [-0.15, -0.1) is 0 Å². The summed E-state index contributed by atoms with van der Waals surface area (Å²) < 4.78 is 0. The van der Waals surface area contributed by atoms with Gasteiger partial charge in [0.2, 0.25) is 5.91 Å². The van der Waals surface area contributed by atoms with E-state index < -0.39 is 5.41 Å². The van der Waals surface area contributed by atoms with Crippen molar-refractivity contribution in [3.8, 4) is 0 Å². The number of anilines is 1. The maximum Gasteiger partial charge on any atom is 0.233 e. The van der Waals surface area contributed by atoms with Crippen LogP contribution in [0.4, 0.5) is 5.69 Å². The number of nitrogens with zero attached hydrogens (tertiary/aromatic N) is 1. The number of carbonyl (C=O) groups excluding carboxylic acids is 1. The van der Waals surface area contributed by atoms with Gasteiger partial charge in [0.15, 0.2) is 0 Å². The number of hydrogen-bond acceptors (Lipinski definition) is 2. The molecule has 3 nitrogen and oxygen atoms in total. The van der Waals surface area contributed by atoms with Crippen molar-refractivity contribution in [3.05, 3.63) is 29.8 Å². The third-order valence-electron chi connectivity index (χ3n) is 3.22. The van der Waals surface area contributed by atoms with E-state index >= 15 is 0 Å². The van der Waals surface area contributed by atoms with Crippen LogP contribution in [-0.2, 0) is 11.2 Å². The van der Waals surface area contributed by atoms with Gasteiger partial charge < -0.3 is 10.6 Å². The molecule has 16 heavy (non-hydrogen) atoms. The largest absolute Gasteiger partial charge is 0.329 e. The smallest absolute Gasteiger partial charge is 0.233 e. The predicted octanol–water partition coefficient (Wildman–Crippen LogP) is 1.56. The third-order valence-corrected chi connectivity index (χ3v) is 3.22. The zero-order valence-electron chi connectivity index (χ0n) is 9.86. The summed E-state index contributed by atoms with van der Waals surface area (Å²) in [5.74, 6) is 0.125. The molecule has 1 aliphatic rings. The van der Waals surface area contributed by atoms with Crippen LogP contribution in [0, 0.1) is 5.41 Å². The highest BCUT2D eigenvalue weighted by Crippen LogP contribution is 2.31. The lowest BCUT2D eigenvalue weighted by Crippen LogP contribution is -2.44. The van der Waals surface area contributed by atoms with Gasteiger partial charge in [0, 0.05) is 18.8 Å². The Morgan fingerprint density at radius 1 is 1.44 bits per heavy atom. The molecular formula is C13H18N2O. The molecule has 1 aromatic carbocycles. The minimum Gasteiger partial charge on any atom is -0.329 e. The molecule has 1 amide bonds. The summed E-state index contributed by atoms with van der Waals surface area (Å²) in [4.78, 5) is 14.2. The molecule has 3 heteroatoms. The molecule has 1 aromatic rings. The molecule has 0 fully saturated rings. The second-order valence-corrected chi connectivity index (χ2v) is 4.92. The Hall–Kier alpha value is -1.35. The number of benzene rings is 1. The number of fused-ring (bicyclic) bond motifs is 1. The molecular weight excluding hydrogens is 200 g/mol. The van der Waals surface area contributed by atoms with Crippen molar-refractivity contribution in [1.82, 2.24) is 0 Å². The summed E-state index contributed by atoms with van der Waals surface area (Å²) >= 11 is 0. The van der Waals surface area contributed by atoms with E-state index in [1.807, 2.05) is 36.9 Å². The van der Waals surface area contributed by atoms with Gasteiger partial charge in [0.25, 0.3) is 0 Å². The lowest BCUT2D eigenvalue weighted by Gasteiger charge is -2.28. The van der Waals surface area contributed by atoms with E-state index in [1.165, 1.54) is 5.56 Å². The van der Waals surface area contributed by atoms with Crippen LogP contribution in [0.3, 0.4) is 0 Å². The Labute approximate surface area is 96.2 Å². The topological polar surface area (TPSA) is 46.3 Å². The van der Waals surface area contributed by atoms with Gasteiger partial charge in [-0.3, -0.25) is 4.79 Å². The van der Waals surface area contributed by atoms with Crippen LogP contribution in [0.15, 0.2) is 24.3 Å². The Morgan fingerprint density at radius 3 is 2.81 bits per heavy atom. The minimum absolute atomic E-state index is 0.125. The number of hydrogen-bond donors (Lipinski definition) is 1. The first-order valence-corrected chi connectivity index (χ1v) is 5.66. The number of nitrogens with two attached hydrogens (primary N) is 1. The molecule has 0 atom stereocenters. The number of carbonyl (C=O) groups is 1. The van der Waals surface area contributed by atoms with E-state index in [2.05, 4.69) is 6.07 Å². The van der Waals surface area contributed by atoms with Crippen molar-refractivity contribution >= 4 is 11.6 Å². The van der Waals surface area contributed by atoms with Gasteiger partial charge in [0.05, 0.1) is 5.41 Å². The lowest BCUT2D eigenvalue weighted by atomic mass is 9.92. The molecule has 0 bridgehead atoms. The molecule has 86 valence electrons. The zero-order valence-corrected chi connectivity index (χ0v) is 9.86. The highest BCUT2D eigenvalue weighted by molar-refractivity contribution is 5.99. The van der Waals surface area contributed by atoms with Crippen LogP contribution >= 0.6 is 0 Å². The van der Waals surface area contributed by atoms with E-state index in [4.69, 9.17) is 5.73 Å². The summed E-state index contributed by atoms with van der Waals surface area (Å²) in [7, 11) is 0. The highest BCUT2D eigenvalue weighted by Gasteiger charge is 2.34. The van der Waals surface area contributed by atoms with Gasteiger partial charge in [-0.2, -0.15) is 0 Å². The first kappa shape index (κ1) is 11.1. The van der Waals surface area contributed by atoms with Crippen molar-refractivity contribution in [2.45, 2.75) is 20.3 Å². The van der Waals surface area contributed by atoms with E-state index in [0.717, 1.165) is 18.7 Å². The molecule has 0 unspecified atom stereocenters. The van der Waals surface area contributed by atoms with Crippen molar-refractivity contribution < 1.29 is 4.79 Å². The predicted molar refractivity (Wildman–Crippen MR) is 65.3 cm³/mol. The van der Waals surface area contributed by atoms with Crippen molar-refractivity contribution in [2.24, 2.45) is 11.1 Å². The monoisotopic (exact) mass is 218 g/mol. The van der Waals surface area contributed by atoms with Crippen LogP contribution in [0.2, 0.25) is 0 Å². The van der Waals surface area contributed by atoms with E-state index in [9.17, 15) is 4.79 Å². The fourth-order valence-electron chi connectivity index (χ4n) is 2.00. The summed E-state index contributed by atoms with van der Waals surface area (Å²) in [5, 5.41) is 0. The van der Waals surface area contributed by atoms with Crippen LogP contribution in [0.25, 0.3) is 0 Å². The lowest BCUT2D eigenvalue weighted by molar-refractivity contribution is -0.126. The third kappa shape index (κ3) is 1.71. The maximum absolute atomic E-state index is 12.3. The Morgan fingerprint density at radius 2 is 2.12 bits per heavy atom. The second kappa shape index (κ2) is 3.91. The molecule has 0 radical (unpaired) electrons. The molecule has 0 spiro atoms. The van der Waals surface area contributed by atoms with E-state index in [0.29, 0.717) is 6.54 Å². The van der Waals surface area contributed by atoms with Crippen LogP contribution < -0.4 is 10.6 Å². The van der Waals surface area contributed by atoms with Crippen molar-refractivity contribution in [3.63, 3.8) is 0 Å². The van der Waals surface area contributed by atoms with Gasteiger partial charge in [-0.1, -0.05) is 18.2 Å². The molecule has 1 heterocycles. The molecule has 2 rings (SSSR count). The van der Waals surface area contributed by atoms with Gasteiger partial charge in [0.1, 0.15) is 0 Å². The van der Waals surface area contributed by atoms with Crippen LogP contribution in [-0.4, -0.2) is 19.0 Å². The molecule has 0 aromatic heterocycles. The van der Waals surface area contributed by atoms with Gasteiger partial charge in [-0.05, 0) is 31.9 Å². The fraction of sp³-hybridized carbons (Fsp3) is 0.462. The Bertz CT molecular complexity index is 412. The maximum atomic E-state index is 12.3. The SMILES string of the molecule is CC(C)(CN)C(=O)N1CCc2ccccc21. The standard InChI is InChI=1S/C13H18N2O/c1-13(2,9-14)12(16)15-8-7-10-5-3-4-6-11(10)15/h3-6H,7-9,14H2,1-2H3. The molecule has 0 aliphatic carbocycles. The highest BCUT2D eigenvalue weighted by atomic mass is 16.2. The van der Waals surface area contributed by atoms with Crippen LogP contribution in [0.1, 0.15) is 19.4 Å². The molecule has 1 aliphatic heterocycles. The number of para-hydroxylation sites is 1. The fourth-order valence-corrected chi connectivity index (χ4v) is 2.00. The number of rotatable bonds is 2. The van der Waals surface area contributed by atoms with Crippen molar-refractivity contribution in [1.29, 1.82) is 0 Å². The van der Waals surface area contributed by atoms with Crippen LogP contribution in [0.5, 0.6) is 0 Å². The first-order chi connectivity index (χ1) is 7.56. The average Bonchev–Trinajstić information content (AvgIpc) is 2.71. The minimum atomic E-state index is -0.475. The second-order valence-electron chi connectivity index (χ2n) is 4.92. The molecule has 0 saturated carbocycles. The van der Waals surface area contributed by atoms with Gasteiger partial charge in [-0.25, -0.2) is 0 Å². The van der Waals surface area contributed by atoms with E-state index in [1.54, 1.807) is 0 Å². The zero-order chi connectivity index (χ0) is 11.8. The van der Waals surface area contributed by atoms with Crippen molar-refractivity contribution in [2.75, 3.05) is 18.0 Å². The summed E-state index contributed by atoms with van der Waals surface area (Å²) in [6.45, 7) is 4.96. The number of amides is 1. The summed E-state index contributed by atoms with van der Waals surface area (Å²) in [6.07, 6.45) is 0.947. The Kier molecular flexibility index (Phi) is 2.72. The quantitative estimate of drug-likeness (QED) is 0.819. The molecule has 0 saturated heterocycles. The summed E-state index contributed by atoms with van der Waals surface area (Å²) in [6, 6.07) is 8.08. The Balaban J connectivity index is 2.29. The molecule has 2 N–H and O–H groups in total. The first-order valence-electron chi connectivity index (χ1n) is 5.66. The van der Waals surface area contributed by atoms with E-state index in [-0.39, 0.29) is 5.91 Å². The normalized spacial score (nSPS) is 15.1. The summed E-state index contributed by atoms with van der Waals surface area (Å²) in [5.41, 5.74) is 7.48. The van der Waals surface area contributed by atoms with Gasteiger partial charge >= 0.3 is 0 Å². The average molecular weight is 218 g/mol.